The zero-order chi connectivity index (χ0) is 16.7. The molecule has 0 atom stereocenters. The van der Waals surface area contributed by atoms with E-state index < -0.39 is 18.5 Å². The number of benzene rings is 1. The van der Waals surface area contributed by atoms with Crippen LogP contribution in [0.3, 0.4) is 0 Å². The molecule has 0 saturated heterocycles. The second-order valence-electron chi connectivity index (χ2n) is 4.34. The van der Waals surface area contributed by atoms with Crippen molar-refractivity contribution in [1.29, 1.82) is 0 Å². The van der Waals surface area contributed by atoms with E-state index in [1.807, 2.05) is 0 Å². The van der Waals surface area contributed by atoms with Crippen molar-refractivity contribution < 1.29 is 14.3 Å². The van der Waals surface area contributed by atoms with Crippen LogP contribution in [0.25, 0.3) is 0 Å². The van der Waals surface area contributed by atoms with Gasteiger partial charge in [-0.15, -0.1) is 17.9 Å². The minimum Gasteiger partial charge on any atom is -0.451 e. The molecule has 0 unspecified atom stereocenters. The third-order valence-electron chi connectivity index (χ3n) is 2.57. The van der Waals surface area contributed by atoms with Gasteiger partial charge in [-0.05, 0) is 24.3 Å². The maximum absolute atomic E-state index is 11.8. The fourth-order valence-corrected chi connectivity index (χ4v) is 2.36. The number of nitrogens with one attached hydrogen (secondary N) is 2. The standard InChI is InChI=1S/C15H14ClN3O3S/c1-2-7-17-15-19-12(9-23-15)14(21)22-8-13(20)18-11-5-3-10(16)4-6-11/h2-6,9H,1,7-8H2,(H,17,19)(H,18,20). The first-order valence-corrected chi connectivity index (χ1v) is 7.87. The van der Waals surface area contributed by atoms with E-state index in [1.54, 1.807) is 35.7 Å². The first-order valence-electron chi connectivity index (χ1n) is 6.61. The fourth-order valence-electron chi connectivity index (χ4n) is 1.54. The fraction of sp³-hybridized carbons (Fsp3) is 0.133. The minimum absolute atomic E-state index is 0.154. The molecule has 120 valence electrons. The summed E-state index contributed by atoms with van der Waals surface area (Å²) in [4.78, 5) is 27.6. The second-order valence-corrected chi connectivity index (χ2v) is 5.63. The number of nitrogens with zero attached hydrogens (tertiary/aromatic N) is 1. The summed E-state index contributed by atoms with van der Waals surface area (Å²) in [6.07, 6.45) is 1.68. The third-order valence-corrected chi connectivity index (χ3v) is 3.63. The number of thiazole rings is 1. The normalized spacial score (nSPS) is 9.96. The highest BCUT2D eigenvalue weighted by Gasteiger charge is 2.14. The summed E-state index contributed by atoms with van der Waals surface area (Å²) in [6.45, 7) is 3.73. The van der Waals surface area contributed by atoms with Crippen molar-refractivity contribution in [1.82, 2.24) is 4.98 Å². The number of esters is 1. The zero-order valence-electron chi connectivity index (χ0n) is 12.0. The van der Waals surface area contributed by atoms with Gasteiger partial charge in [0.1, 0.15) is 0 Å². The molecule has 2 rings (SSSR count). The zero-order valence-corrected chi connectivity index (χ0v) is 13.6. The lowest BCUT2D eigenvalue weighted by Crippen LogP contribution is -2.21. The Morgan fingerprint density at radius 1 is 1.35 bits per heavy atom. The summed E-state index contributed by atoms with van der Waals surface area (Å²) in [6, 6.07) is 6.60. The second kappa shape index (κ2) is 8.30. The third kappa shape index (κ3) is 5.39. The maximum atomic E-state index is 11.8. The lowest BCUT2D eigenvalue weighted by Gasteiger charge is -2.05. The highest BCUT2D eigenvalue weighted by molar-refractivity contribution is 7.13. The monoisotopic (exact) mass is 351 g/mol. The van der Waals surface area contributed by atoms with E-state index in [1.165, 1.54) is 11.3 Å². The molecule has 1 amide bonds. The predicted molar refractivity (Wildman–Crippen MR) is 91.2 cm³/mol. The predicted octanol–water partition coefficient (Wildman–Crippen LogP) is 3.19. The van der Waals surface area contributed by atoms with E-state index in [9.17, 15) is 9.59 Å². The van der Waals surface area contributed by atoms with Gasteiger partial charge in [-0.2, -0.15) is 0 Å². The molecular weight excluding hydrogens is 338 g/mol. The van der Waals surface area contributed by atoms with Gasteiger partial charge < -0.3 is 15.4 Å². The molecule has 2 N–H and O–H groups in total. The molecule has 2 aromatic rings. The van der Waals surface area contributed by atoms with Crippen LogP contribution in [0.4, 0.5) is 10.8 Å². The van der Waals surface area contributed by atoms with Crippen molar-refractivity contribution >= 4 is 45.6 Å². The molecule has 23 heavy (non-hydrogen) atoms. The molecule has 0 aliphatic heterocycles. The number of amides is 1. The van der Waals surface area contributed by atoms with Crippen molar-refractivity contribution in [2.45, 2.75) is 0 Å². The molecule has 0 spiro atoms. The van der Waals surface area contributed by atoms with Gasteiger partial charge >= 0.3 is 5.97 Å². The van der Waals surface area contributed by atoms with E-state index in [4.69, 9.17) is 16.3 Å². The Morgan fingerprint density at radius 3 is 2.78 bits per heavy atom. The van der Waals surface area contributed by atoms with Gasteiger partial charge in [-0.1, -0.05) is 17.7 Å². The first-order chi connectivity index (χ1) is 11.1. The van der Waals surface area contributed by atoms with E-state index in [0.717, 1.165) is 0 Å². The Morgan fingerprint density at radius 2 is 2.09 bits per heavy atom. The van der Waals surface area contributed by atoms with Gasteiger partial charge in [0, 0.05) is 22.6 Å². The summed E-state index contributed by atoms with van der Waals surface area (Å²) in [5.74, 6) is -1.10. The summed E-state index contributed by atoms with van der Waals surface area (Å²) in [5, 5.41) is 8.27. The molecule has 1 heterocycles. The van der Waals surface area contributed by atoms with E-state index >= 15 is 0 Å². The van der Waals surface area contributed by atoms with Crippen molar-refractivity contribution in [2.24, 2.45) is 0 Å². The van der Waals surface area contributed by atoms with Gasteiger partial charge in [0.25, 0.3) is 5.91 Å². The van der Waals surface area contributed by atoms with Crippen molar-refractivity contribution in [2.75, 3.05) is 23.8 Å². The average Bonchev–Trinajstić information content (AvgIpc) is 3.02. The van der Waals surface area contributed by atoms with Crippen LogP contribution in [0.15, 0.2) is 42.3 Å². The highest BCUT2D eigenvalue weighted by atomic mass is 35.5. The quantitative estimate of drug-likeness (QED) is 0.591. The number of aromatic nitrogens is 1. The molecule has 8 heteroatoms. The Bertz CT molecular complexity index is 700. The van der Waals surface area contributed by atoms with Crippen LogP contribution in [0.1, 0.15) is 10.5 Å². The smallest absolute Gasteiger partial charge is 0.358 e. The summed E-state index contributed by atoms with van der Waals surface area (Å²) >= 11 is 7.03. The van der Waals surface area contributed by atoms with Crippen molar-refractivity contribution in [3.05, 3.63) is 53.0 Å². The molecule has 0 radical (unpaired) electrons. The number of anilines is 2. The van der Waals surface area contributed by atoms with Gasteiger partial charge in [0.15, 0.2) is 17.4 Å². The van der Waals surface area contributed by atoms with Gasteiger partial charge in [-0.3, -0.25) is 4.79 Å². The number of carbonyl (C=O) groups is 2. The number of rotatable bonds is 7. The number of halogens is 1. The highest BCUT2D eigenvalue weighted by Crippen LogP contribution is 2.16. The van der Waals surface area contributed by atoms with E-state index in [2.05, 4.69) is 22.2 Å². The number of hydrogen-bond donors (Lipinski definition) is 2. The topological polar surface area (TPSA) is 80.3 Å². The maximum Gasteiger partial charge on any atom is 0.358 e. The molecule has 1 aromatic heterocycles. The van der Waals surface area contributed by atoms with Crippen LogP contribution in [0.5, 0.6) is 0 Å². The van der Waals surface area contributed by atoms with Crippen LogP contribution >= 0.6 is 22.9 Å². The number of ether oxygens (including phenoxy) is 1. The van der Waals surface area contributed by atoms with Crippen LogP contribution in [-0.2, 0) is 9.53 Å². The first kappa shape index (κ1) is 17.0. The molecule has 0 aliphatic carbocycles. The van der Waals surface area contributed by atoms with Crippen LogP contribution < -0.4 is 10.6 Å². The van der Waals surface area contributed by atoms with E-state index in [0.29, 0.717) is 22.4 Å². The van der Waals surface area contributed by atoms with Crippen LogP contribution in [-0.4, -0.2) is 30.0 Å². The van der Waals surface area contributed by atoms with Crippen LogP contribution in [0.2, 0.25) is 5.02 Å². The Balaban J connectivity index is 1.81. The van der Waals surface area contributed by atoms with Crippen LogP contribution in [0, 0.1) is 0 Å². The molecule has 0 aliphatic rings. The number of carbonyl (C=O) groups excluding carboxylic acids is 2. The van der Waals surface area contributed by atoms with Crippen molar-refractivity contribution in [3.8, 4) is 0 Å². The number of hydrogen-bond acceptors (Lipinski definition) is 6. The molecule has 1 aromatic carbocycles. The van der Waals surface area contributed by atoms with E-state index in [-0.39, 0.29) is 5.69 Å². The lowest BCUT2D eigenvalue weighted by atomic mass is 10.3. The van der Waals surface area contributed by atoms with Crippen molar-refractivity contribution in [3.63, 3.8) is 0 Å². The largest absolute Gasteiger partial charge is 0.451 e. The van der Waals surface area contributed by atoms with Gasteiger partial charge in [-0.25, -0.2) is 9.78 Å². The summed E-state index contributed by atoms with van der Waals surface area (Å²) < 4.78 is 4.92. The molecule has 6 nitrogen and oxygen atoms in total. The minimum atomic E-state index is -0.654. The average molecular weight is 352 g/mol. The SMILES string of the molecule is C=CCNc1nc(C(=O)OCC(=O)Nc2ccc(Cl)cc2)cs1. The Labute approximate surface area is 142 Å². The van der Waals surface area contributed by atoms with Gasteiger partial charge in [0.2, 0.25) is 0 Å². The summed E-state index contributed by atoms with van der Waals surface area (Å²) in [7, 11) is 0. The molecule has 0 saturated carbocycles. The molecular formula is C15H14ClN3O3S. The summed E-state index contributed by atoms with van der Waals surface area (Å²) in [5.41, 5.74) is 0.723. The van der Waals surface area contributed by atoms with Gasteiger partial charge in [0.05, 0.1) is 0 Å². The Kier molecular flexibility index (Phi) is 6.13. The lowest BCUT2D eigenvalue weighted by molar-refractivity contribution is -0.119. The molecule has 0 fully saturated rings. The molecule has 0 bridgehead atoms. The Hall–Kier alpha value is -2.38.